The number of nitro groups is 1. The SMILES string of the molecule is CCN(Cc1ccc([N+](=O)[O-])c(F)c1)C1CCC(N)CC1. The Hall–Kier alpha value is -1.53. The van der Waals surface area contributed by atoms with E-state index in [0.717, 1.165) is 37.8 Å². The van der Waals surface area contributed by atoms with E-state index in [-0.39, 0.29) is 0 Å². The Kier molecular flexibility index (Phi) is 5.25. The zero-order valence-corrected chi connectivity index (χ0v) is 12.3. The molecule has 1 aliphatic carbocycles. The molecule has 116 valence electrons. The first-order valence-electron chi connectivity index (χ1n) is 7.43. The van der Waals surface area contributed by atoms with Crippen molar-refractivity contribution in [2.24, 2.45) is 5.73 Å². The highest BCUT2D eigenvalue weighted by molar-refractivity contribution is 5.35. The van der Waals surface area contributed by atoms with E-state index in [1.54, 1.807) is 6.07 Å². The predicted molar refractivity (Wildman–Crippen MR) is 79.4 cm³/mol. The molecule has 1 aromatic carbocycles. The highest BCUT2D eigenvalue weighted by atomic mass is 19.1. The summed E-state index contributed by atoms with van der Waals surface area (Å²) in [5, 5.41) is 10.6. The maximum Gasteiger partial charge on any atom is 0.304 e. The number of hydrogen-bond acceptors (Lipinski definition) is 4. The Morgan fingerprint density at radius 1 is 1.38 bits per heavy atom. The fraction of sp³-hybridized carbons (Fsp3) is 0.600. The third-order valence-corrected chi connectivity index (χ3v) is 4.26. The third-order valence-electron chi connectivity index (χ3n) is 4.26. The van der Waals surface area contributed by atoms with E-state index in [1.807, 2.05) is 0 Å². The lowest BCUT2D eigenvalue weighted by Crippen LogP contribution is -2.40. The Labute approximate surface area is 124 Å². The van der Waals surface area contributed by atoms with Gasteiger partial charge >= 0.3 is 5.69 Å². The van der Waals surface area contributed by atoms with Crippen LogP contribution in [0, 0.1) is 15.9 Å². The molecule has 5 nitrogen and oxygen atoms in total. The molecular formula is C15H22FN3O2. The third kappa shape index (κ3) is 3.98. The van der Waals surface area contributed by atoms with Gasteiger partial charge in [0, 0.05) is 24.7 Å². The van der Waals surface area contributed by atoms with Gasteiger partial charge in [-0.2, -0.15) is 4.39 Å². The number of nitrogens with zero attached hydrogens (tertiary/aromatic N) is 2. The summed E-state index contributed by atoms with van der Waals surface area (Å²) in [4.78, 5) is 12.2. The molecule has 21 heavy (non-hydrogen) atoms. The molecule has 0 atom stereocenters. The summed E-state index contributed by atoms with van der Waals surface area (Å²) in [5.74, 6) is -0.765. The normalized spacial score (nSPS) is 22.5. The monoisotopic (exact) mass is 295 g/mol. The van der Waals surface area contributed by atoms with Crippen molar-refractivity contribution in [3.63, 3.8) is 0 Å². The number of hydrogen-bond donors (Lipinski definition) is 1. The smallest absolute Gasteiger partial charge is 0.304 e. The van der Waals surface area contributed by atoms with Crippen LogP contribution in [0.2, 0.25) is 0 Å². The first-order valence-corrected chi connectivity index (χ1v) is 7.43. The van der Waals surface area contributed by atoms with Gasteiger partial charge < -0.3 is 5.73 Å². The Bertz CT molecular complexity index is 502. The van der Waals surface area contributed by atoms with Crippen molar-refractivity contribution in [1.29, 1.82) is 0 Å². The number of benzene rings is 1. The fourth-order valence-corrected chi connectivity index (χ4v) is 3.00. The number of nitro benzene ring substituents is 1. The molecule has 0 bridgehead atoms. The van der Waals surface area contributed by atoms with Crippen LogP contribution in [0.3, 0.4) is 0 Å². The van der Waals surface area contributed by atoms with Crippen molar-refractivity contribution < 1.29 is 9.31 Å². The van der Waals surface area contributed by atoms with Gasteiger partial charge in [0.1, 0.15) is 0 Å². The molecule has 2 rings (SSSR count). The molecule has 1 aromatic rings. The van der Waals surface area contributed by atoms with Crippen molar-refractivity contribution in [3.8, 4) is 0 Å². The summed E-state index contributed by atoms with van der Waals surface area (Å²) in [6.07, 6.45) is 4.17. The highest BCUT2D eigenvalue weighted by Crippen LogP contribution is 2.25. The largest absolute Gasteiger partial charge is 0.328 e. The topological polar surface area (TPSA) is 72.4 Å². The lowest BCUT2D eigenvalue weighted by atomic mass is 9.90. The highest BCUT2D eigenvalue weighted by Gasteiger charge is 2.24. The molecule has 1 aliphatic rings. The standard InChI is InChI=1S/C15H22FN3O2/c1-2-18(13-6-4-12(17)5-7-13)10-11-3-8-15(19(20)21)14(16)9-11/h3,8-9,12-13H,2,4-7,10,17H2,1H3. The molecule has 0 heterocycles. The van der Waals surface area contributed by atoms with E-state index in [9.17, 15) is 14.5 Å². The van der Waals surface area contributed by atoms with Gasteiger partial charge in [-0.05, 0) is 43.9 Å². The van der Waals surface area contributed by atoms with Gasteiger partial charge in [0.25, 0.3) is 0 Å². The van der Waals surface area contributed by atoms with Crippen molar-refractivity contribution >= 4 is 5.69 Å². The van der Waals surface area contributed by atoms with Crippen LogP contribution in [0.25, 0.3) is 0 Å². The van der Waals surface area contributed by atoms with Crippen LogP contribution in [0.4, 0.5) is 10.1 Å². The van der Waals surface area contributed by atoms with Crippen LogP contribution in [0.1, 0.15) is 38.2 Å². The van der Waals surface area contributed by atoms with Crippen molar-refractivity contribution in [3.05, 3.63) is 39.7 Å². The average Bonchev–Trinajstić information content (AvgIpc) is 2.45. The summed E-state index contributed by atoms with van der Waals surface area (Å²) in [6, 6.07) is 4.92. The van der Waals surface area contributed by atoms with Gasteiger partial charge in [-0.3, -0.25) is 15.0 Å². The van der Waals surface area contributed by atoms with Crippen LogP contribution in [-0.2, 0) is 6.54 Å². The van der Waals surface area contributed by atoms with E-state index in [0.29, 0.717) is 18.6 Å². The minimum Gasteiger partial charge on any atom is -0.328 e. The minimum absolute atomic E-state index is 0.303. The Morgan fingerprint density at radius 3 is 2.57 bits per heavy atom. The van der Waals surface area contributed by atoms with Crippen LogP contribution in [0.15, 0.2) is 18.2 Å². The summed E-state index contributed by atoms with van der Waals surface area (Å²) >= 11 is 0. The molecule has 0 aliphatic heterocycles. The molecule has 0 amide bonds. The molecule has 1 saturated carbocycles. The summed E-state index contributed by atoms with van der Waals surface area (Å²) in [7, 11) is 0. The summed E-state index contributed by atoms with van der Waals surface area (Å²) in [6.45, 7) is 3.57. The van der Waals surface area contributed by atoms with E-state index < -0.39 is 16.4 Å². The zero-order chi connectivity index (χ0) is 15.4. The lowest BCUT2D eigenvalue weighted by molar-refractivity contribution is -0.387. The lowest BCUT2D eigenvalue weighted by Gasteiger charge is -2.35. The van der Waals surface area contributed by atoms with Gasteiger partial charge in [-0.25, -0.2) is 0 Å². The Morgan fingerprint density at radius 2 is 2.05 bits per heavy atom. The van der Waals surface area contributed by atoms with Crippen LogP contribution in [-0.4, -0.2) is 28.5 Å². The van der Waals surface area contributed by atoms with E-state index >= 15 is 0 Å². The van der Waals surface area contributed by atoms with Gasteiger partial charge in [0.2, 0.25) is 5.82 Å². The van der Waals surface area contributed by atoms with E-state index in [1.165, 1.54) is 12.1 Å². The second-order valence-electron chi connectivity index (χ2n) is 5.67. The number of rotatable bonds is 5. The molecule has 1 fully saturated rings. The van der Waals surface area contributed by atoms with Gasteiger partial charge in [0.15, 0.2) is 0 Å². The van der Waals surface area contributed by atoms with Gasteiger partial charge in [0.05, 0.1) is 4.92 Å². The zero-order valence-electron chi connectivity index (χ0n) is 12.3. The minimum atomic E-state index is -0.765. The predicted octanol–water partition coefficient (Wildman–Crippen LogP) is 2.83. The number of nitrogens with two attached hydrogens (primary N) is 1. The van der Waals surface area contributed by atoms with Crippen molar-refractivity contribution in [2.45, 2.75) is 51.2 Å². The van der Waals surface area contributed by atoms with Crippen LogP contribution >= 0.6 is 0 Å². The number of halogens is 1. The second-order valence-corrected chi connectivity index (χ2v) is 5.67. The fourth-order valence-electron chi connectivity index (χ4n) is 3.00. The van der Waals surface area contributed by atoms with E-state index in [2.05, 4.69) is 11.8 Å². The van der Waals surface area contributed by atoms with E-state index in [4.69, 9.17) is 5.73 Å². The second kappa shape index (κ2) is 6.95. The molecular weight excluding hydrogens is 273 g/mol. The first-order chi connectivity index (χ1) is 10.0. The van der Waals surface area contributed by atoms with Crippen LogP contribution in [0.5, 0.6) is 0 Å². The molecule has 0 aromatic heterocycles. The maximum atomic E-state index is 13.7. The van der Waals surface area contributed by atoms with Crippen LogP contribution < -0.4 is 5.73 Å². The van der Waals surface area contributed by atoms with Gasteiger partial charge in [-0.1, -0.05) is 13.0 Å². The summed E-state index contributed by atoms with van der Waals surface area (Å²) < 4.78 is 13.7. The van der Waals surface area contributed by atoms with Crippen molar-refractivity contribution in [2.75, 3.05) is 6.54 Å². The molecule has 0 saturated heterocycles. The van der Waals surface area contributed by atoms with Crippen molar-refractivity contribution in [1.82, 2.24) is 4.90 Å². The molecule has 0 unspecified atom stereocenters. The maximum absolute atomic E-state index is 13.7. The molecule has 2 N–H and O–H groups in total. The Balaban J connectivity index is 2.05. The quantitative estimate of drug-likeness (QED) is 0.669. The molecule has 0 spiro atoms. The molecule has 6 heteroatoms. The molecule has 0 radical (unpaired) electrons. The first kappa shape index (κ1) is 15.9. The van der Waals surface area contributed by atoms with Gasteiger partial charge in [-0.15, -0.1) is 0 Å². The average molecular weight is 295 g/mol. The summed E-state index contributed by atoms with van der Waals surface area (Å²) in [5.41, 5.74) is 6.23.